The Morgan fingerprint density at radius 3 is 2.80 bits per heavy atom. The summed E-state index contributed by atoms with van der Waals surface area (Å²) >= 11 is 0. The molecule has 0 aliphatic rings. The number of aliphatic hydroxyl groups is 1. The van der Waals surface area contributed by atoms with E-state index in [1.165, 1.54) is 13.2 Å². The van der Waals surface area contributed by atoms with Crippen molar-refractivity contribution in [2.75, 3.05) is 20.3 Å². The van der Waals surface area contributed by atoms with Gasteiger partial charge in [0.1, 0.15) is 5.82 Å². The second-order valence-corrected chi connectivity index (χ2v) is 4.89. The molecule has 0 bridgehead atoms. The van der Waals surface area contributed by atoms with Crippen LogP contribution in [0.2, 0.25) is 0 Å². The first-order valence-electron chi connectivity index (χ1n) is 6.72. The number of halogens is 1. The molecule has 0 aromatic heterocycles. The molecule has 0 radical (unpaired) electrons. The molecule has 0 spiro atoms. The van der Waals surface area contributed by atoms with Crippen LogP contribution >= 0.6 is 0 Å². The Morgan fingerprint density at radius 2 is 2.15 bits per heavy atom. The van der Waals surface area contributed by atoms with Gasteiger partial charge in [0.25, 0.3) is 0 Å². The first-order valence-corrected chi connectivity index (χ1v) is 6.72. The van der Waals surface area contributed by atoms with Crippen molar-refractivity contribution >= 4 is 5.91 Å². The second kappa shape index (κ2) is 8.66. The number of amides is 1. The summed E-state index contributed by atoms with van der Waals surface area (Å²) in [5.74, 6) is -0.744. The lowest BCUT2D eigenvalue weighted by Crippen LogP contribution is -2.33. The van der Waals surface area contributed by atoms with E-state index in [2.05, 4.69) is 5.32 Å². The third kappa shape index (κ3) is 5.67. The van der Waals surface area contributed by atoms with Crippen LogP contribution in [-0.4, -0.2) is 37.4 Å². The van der Waals surface area contributed by atoms with E-state index in [4.69, 9.17) is 4.74 Å². The first kappa shape index (κ1) is 16.6. The van der Waals surface area contributed by atoms with E-state index in [9.17, 15) is 14.3 Å². The van der Waals surface area contributed by atoms with Gasteiger partial charge in [0.05, 0.1) is 12.7 Å². The van der Waals surface area contributed by atoms with Crippen molar-refractivity contribution in [3.63, 3.8) is 0 Å². The minimum Gasteiger partial charge on any atom is -0.391 e. The van der Waals surface area contributed by atoms with Gasteiger partial charge in [-0.05, 0) is 24.5 Å². The molecule has 0 fully saturated rings. The maximum absolute atomic E-state index is 13.5. The molecule has 112 valence electrons. The van der Waals surface area contributed by atoms with Crippen LogP contribution in [0.15, 0.2) is 24.3 Å². The topological polar surface area (TPSA) is 58.6 Å². The van der Waals surface area contributed by atoms with Crippen molar-refractivity contribution in [1.29, 1.82) is 0 Å². The summed E-state index contributed by atoms with van der Waals surface area (Å²) in [6, 6.07) is 6.45. The average molecular weight is 283 g/mol. The molecule has 1 amide bonds. The van der Waals surface area contributed by atoms with Crippen molar-refractivity contribution in [2.24, 2.45) is 5.92 Å². The molecule has 20 heavy (non-hydrogen) atoms. The van der Waals surface area contributed by atoms with Crippen LogP contribution in [0.3, 0.4) is 0 Å². The van der Waals surface area contributed by atoms with E-state index in [1.54, 1.807) is 25.1 Å². The van der Waals surface area contributed by atoms with Gasteiger partial charge in [-0.15, -0.1) is 0 Å². The summed E-state index contributed by atoms with van der Waals surface area (Å²) in [6.07, 6.45) is 0.215. The highest BCUT2D eigenvalue weighted by atomic mass is 19.1. The van der Waals surface area contributed by atoms with Crippen LogP contribution < -0.4 is 5.32 Å². The van der Waals surface area contributed by atoms with Crippen LogP contribution in [0.5, 0.6) is 0 Å². The third-order valence-electron chi connectivity index (χ3n) is 3.07. The fourth-order valence-corrected chi connectivity index (χ4v) is 1.90. The Balaban J connectivity index is 2.34. The minimum atomic E-state index is -0.581. The molecular formula is C15H22FNO3. The molecule has 2 N–H and O–H groups in total. The first-order chi connectivity index (χ1) is 9.54. The molecule has 0 aliphatic heterocycles. The molecular weight excluding hydrogens is 261 g/mol. The summed E-state index contributed by atoms with van der Waals surface area (Å²) in [6.45, 7) is 2.39. The molecule has 5 heteroatoms. The quantitative estimate of drug-likeness (QED) is 0.760. The van der Waals surface area contributed by atoms with Crippen molar-refractivity contribution < 1.29 is 19.0 Å². The van der Waals surface area contributed by atoms with E-state index in [0.717, 1.165) is 0 Å². The van der Waals surface area contributed by atoms with E-state index in [-0.39, 0.29) is 24.2 Å². The van der Waals surface area contributed by atoms with Crippen LogP contribution in [-0.2, 0) is 16.0 Å². The van der Waals surface area contributed by atoms with Gasteiger partial charge >= 0.3 is 0 Å². The Morgan fingerprint density at radius 1 is 1.45 bits per heavy atom. The van der Waals surface area contributed by atoms with Crippen molar-refractivity contribution in [3.8, 4) is 0 Å². The number of hydrogen-bond acceptors (Lipinski definition) is 3. The lowest BCUT2D eigenvalue weighted by molar-refractivity contribution is -0.124. The van der Waals surface area contributed by atoms with Crippen LogP contribution in [0.1, 0.15) is 18.9 Å². The lowest BCUT2D eigenvalue weighted by atomic mass is 10.00. The van der Waals surface area contributed by atoms with Gasteiger partial charge < -0.3 is 15.2 Å². The van der Waals surface area contributed by atoms with Crippen LogP contribution in [0.25, 0.3) is 0 Å². The summed E-state index contributed by atoms with van der Waals surface area (Å²) in [7, 11) is 1.51. The standard InChI is InChI=1S/C15H22FNO3/c1-11(9-12-5-3-4-6-14(12)16)15(19)17-8-7-13(18)10-20-2/h3-6,11,13,18H,7-10H2,1-2H3,(H,17,19). The summed E-state index contributed by atoms with van der Waals surface area (Å²) in [4.78, 5) is 11.9. The third-order valence-corrected chi connectivity index (χ3v) is 3.07. The monoisotopic (exact) mass is 283 g/mol. The highest BCUT2D eigenvalue weighted by molar-refractivity contribution is 5.78. The fourth-order valence-electron chi connectivity index (χ4n) is 1.90. The number of carbonyl (C=O) groups is 1. The second-order valence-electron chi connectivity index (χ2n) is 4.89. The Hall–Kier alpha value is -1.46. The van der Waals surface area contributed by atoms with E-state index >= 15 is 0 Å². The summed E-state index contributed by atoms with van der Waals surface area (Å²) < 4.78 is 18.3. The zero-order valence-corrected chi connectivity index (χ0v) is 11.9. The largest absolute Gasteiger partial charge is 0.391 e. The fraction of sp³-hybridized carbons (Fsp3) is 0.533. The lowest BCUT2D eigenvalue weighted by Gasteiger charge is -2.14. The van der Waals surface area contributed by atoms with Crippen molar-refractivity contribution in [2.45, 2.75) is 25.9 Å². The molecule has 2 atom stereocenters. The molecule has 2 unspecified atom stereocenters. The molecule has 0 heterocycles. The molecule has 4 nitrogen and oxygen atoms in total. The minimum absolute atomic E-state index is 0.141. The smallest absolute Gasteiger partial charge is 0.223 e. The summed E-state index contributed by atoms with van der Waals surface area (Å²) in [5.41, 5.74) is 0.537. The van der Waals surface area contributed by atoms with E-state index in [0.29, 0.717) is 24.9 Å². The number of hydrogen-bond donors (Lipinski definition) is 2. The summed E-state index contributed by atoms with van der Waals surface area (Å²) in [5, 5.41) is 12.2. The highest BCUT2D eigenvalue weighted by Crippen LogP contribution is 2.12. The van der Waals surface area contributed by atoms with Gasteiger partial charge in [-0.3, -0.25) is 4.79 Å². The van der Waals surface area contributed by atoms with Gasteiger partial charge in [0.2, 0.25) is 5.91 Å². The number of methoxy groups -OCH3 is 1. The SMILES string of the molecule is COCC(O)CCNC(=O)C(C)Cc1ccccc1F. The van der Waals surface area contributed by atoms with Crippen LogP contribution in [0, 0.1) is 11.7 Å². The average Bonchev–Trinajstić information content (AvgIpc) is 2.41. The van der Waals surface area contributed by atoms with Crippen molar-refractivity contribution in [3.05, 3.63) is 35.6 Å². The molecule has 1 rings (SSSR count). The van der Waals surface area contributed by atoms with Gasteiger partial charge in [-0.2, -0.15) is 0 Å². The Bertz CT molecular complexity index is 425. The Kier molecular flexibility index (Phi) is 7.18. The predicted molar refractivity (Wildman–Crippen MR) is 74.8 cm³/mol. The number of carbonyl (C=O) groups excluding carboxylic acids is 1. The number of ether oxygens (including phenoxy) is 1. The number of benzene rings is 1. The van der Waals surface area contributed by atoms with E-state index in [1.807, 2.05) is 0 Å². The van der Waals surface area contributed by atoms with Gasteiger partial charge in [-0.1, -0.05) is 25.1 Å². The molecule has 0 aliphatic carbocycles. The van der Waals surface area contributed by atoms with Gasteiger partial charge in [0, 0.05) is 19.6 Å². The molecule has 0 saturated carbocycles. The zero-order chi connectivity index (χ0) is 15.0. The number of nitrogens with one attached hydrogen (secondary N) is 1. The molecule has 1 aromatic carbocycles. The molecule has 0 saturated heterocycles. The van der Waals surface area contributed by atoms with Crippen molar-refractivity contribution in [1.82, 2.24) is 5.32 Å². The predicted octanol–water partition coefficient (Wildman–Crippen LogP) is 1.52. The maximum atomic E-state index is 13.5. The normalized spacial score (nSPS) is 13.8. The van der Waals surface area contributed by atoms with Crippen LogP contribution in [0.4, 0.5) is 4.39 Å². The van der Waals surface area contributed by atoms with Gasteiger partial charge in [-0.25, -0.2) is 4.39 Å². The number of rotatable bonds is 8. The van der Waals surface area contributed by atoms with E-state index < -0.39 is 6.10 Å². The number of aliphatic hydroxyl groups excluding tert-OH is 1. The Labute approximate surface area is 119 Å². The zero-order valence-electron chi connectivity index (χ0n) is 11.9. The highest BCUT2D eigenvalue weighted by Gasteiger charge is 2.15. The maximum Gasteiger partial charge on any atom is 0.223 e. The molecule has 1 aromatic rings. The van der Waals surface area contributed by atoms with Gasteiger partial charge in [0.15, 0.2) is 0 Å².